The van der Waals surface area contributed by atoms with Gasteiger partial charge in [0, 0.05) is 11.6 Å². The van der Waals surface area contributed by atoms with Gasteiger partial charge < -0.3 is 10.4 Å². The summed E-state index contributed by atoms with van der Waals surface area (Å²) < 4.78 is 0. The summed E-state index contributed by atoms with van der Waals surface area (Å²) >= 11 is 0. The quantitative estimate of drug-likeness (QED) is 0.648. The first-order valence-electron chi connectivity index (χ1n) is 4.31. The van der Waals surface area contributed by atoms with Crippen LogP contribution < -0.4 is 5.32 Å². The molecular weight excluding hydrogens is 152 g/mol. The minimum Gasteiger partial charge on any atom is -0.394 e. The third-order valence-corrected chi connectivity index (χ3v) is 1.82. The van der Waals surface area contributed by atoms with Gasteiger partial charge >= 0.3 is 0 Å². The number of rotatable bonds is 5. The summed E-state index contributed by atoms with van der Waals surface area (Å²) in [6.07, 6.45) is 1.41. The third-order valence-electron chi connectivity index (χ3n) is 1.82. The molecule has 3 heteroatoms. The van der Waals surface area contributed by atoms with Gasteiger partial charge in [0.15, 0.2) is 0 Å². The second kappa shape index (κ2) is 5.13. The number of aliphatic hydroxyl groups is 1. The van der Waals surface area contributed by atoms with Gasteiger partial charge in [0.25, 0.3) is 0 Å². The van der Waals surface area contributed by atoms with Crippen LogP contribution in [0, 0.1) is 11.3 Å². The Balaban J connectivity index is 3.94. The van der Waals surface area contributed by atoms with E-state index in [0.717, 1.165) is 6.42 Å². The summed E-state index contributed by atoms with van der Waals surface area (Å²) in [5.41, 5.74) is -0.280. The minimum atomic E-state index is -0.280. The molecule has 0 aliphatic carbocycles. The number of nitrogens with one attached hydrogen (secondary N) is 1. The van der Waals surface area contributed by atoms with Gasteiger partial charge in [0.05, 0.1) is 19.1 Å². The molecule has 0 saturated heterocycles. The summed E-state index contributed by atoms with van der Waals surface area (Å²) in [5.74, 6) is 0. The number of hydrogen-bond donors (Lipinski definition) is 2. The molecule has 0 fully saturated rings. The topological polar surface area (TPSA) is 56.0 Å². The van der Waals surface area contributed by atoms with Gasteiger partial charge in [-0.15, -0.1) is 0 Å². The fourth-order valence-corrected chi connectivity index (χ4v) is 1.01. The number of aliphatic hydroxyl groups excluding tert-OH is 1. The molecule has 0 aromatic rings. The van der Waals surface area contributed by atoms with Crippen LogP contribution in [-0.2, 0) is 0 Å². The van der Waals surface area contributed by atoms with E-state index in [2.05, 4.69) is 11.4 Å². The van der Waals surface area contributed by atoms with E-state index in [0.29, 0.717) is 6.42 Å². The van der Waals surface area contributed by atoms with E-state index in [9.17, 15) is 0 Å². The number of hydrogen-bond acceptors (Lipinski definition) is 3. The summed E-state index contributed by atoms with van der Waals surface area (Å²) in [5, 5.41) is 20.7. The average Bonchev–Trinajstić information content (AvgIpc) is 2.03. The zero-order valence-corrected chi connectivity index (χ0v) is 8.09. The van der Waals surface area contributed by atoms with Crippen molar-refractivity contribution in [3.63, 3.8) is 0 Å². The Morgan fingerprint density at radius 2 is 2.17 bits per heavy atom. The van der Waals surface area contributed by atoms with Crippen molar-refractivity contribution in [2.24, 2.45) is 0 Å². The first-order chi connectivity index (χ1) is 5.55. The van der Waals surface area contributed by atoms with Crippen molar-refractivity contribution in [3.05, 3.63) is 0 Å². The van der Waals surface area contributed by atoms with Crippen LogP contribution in [0.3, 0.4) is 0 Å². The standard InChI is InChI=1S/C9H18N2O/c1-4-8(5-6-10)11-9(2,3)7-12/h8,11-12H,4-5,7H2,1-3H3. The van der Waals surface area contributed by atoms with Crippen LogP contribution in [0.25, 0.3) is 0 Å². The Labute approximate surface area is 74.4 Å². The normalized spacial score (nSPS) is 13.9. The van der Waals surface area contributed by atoms with E-state index in [1.54, 1.807) is 0 Å². The summed E-state index contributed by atoms with van der Waals surface area (Å²) in [7, 11) is 0. The Morgan fingerprint density at radius 1 is 1.58 bits per heavy atom. The molecule has 0 saturated carbocycles. The molecule has 70 valence electrons. The predicted molar refractivity (Wildman–Crippen MR) is 48.6 cm³/mol. The third kappa shape index (κ3) is 4.32. The molecule has 0 spiro atoms. The van der Waals surface area contributed by atoms with Crippen molar-refractivity contribution in [1.29, 1.82) is 5.26 Å². The number of nitriles is 1. The largest absolute Gasteiger partial charge is 0.394 e. The van der Waals surface area contributed by atoms with Gasteiger partial charge in [-0.05, 0) is 20.3 Å². The monoisotopic (exact) mass is 170 g/mol. The van der Waals surface area contributed by atoms with Gasteiger partial charge in [0.1, 0.15) is 0 Å². The lowest BCUT2D eigenvalue weighted by Crippen LogP contribution is -2.48. The highest BCUT2D eigenvalue weighted by molar-refractivity contribution is 4.86. The van der Waals surface area contributed by atoms with E-state index in [1.807, 2.05) is 20.8 Å². The van der Waals surface area contributed by atoms with E-state index < -0.39 is 0 Å². The van der Waals surface area contributed by atoms with Crippen molar-refractivity contribution in [2.75, 3.05) is 6.61 Å². The molecule has 0 bridgehead atoms. The maximum Gasteiger partial charge on any atom is 0.0638 e. The molecule has 0 heterocycles. The Bertz CT molecular complexity index is 160. The van der Waals surface area contributed by atoms with Crippen molar-refractivity contribution < 1.29 is 5.11 Å². The lowest BCUT2D eigenvalue weighted by Gasteiger charge is -2.28. The Morgan fingerprint density at radius 3 is 2.50 bits per heavy atom. The summed E-state index contributed by atoms with van der Waals surface area (Å²) in [4.78, 5) is 0. The van der Waals surface area contributed by atoms with Crippen LogP contribution >= 0.6 is 0 Å². The van der Waals surface area contributed by atoms with Gasteiger partial charge in [-0.2, -0.15) is 5.26 Å². The zero-order chi connectivity index (χ0) is 9.61. The molecule has 0 aliphatic heterocycles. The van der Waals surface area contributed by atoms with E-state index in [1.165, 1.54) is 0 Å². The summed E-state index contributed by atoms with van der Waals surface area (Å²) in [6, 6.07) is 2.31. The van der Waals surface area contributed by atoms with Crippen molar-refractivity contribution in [2.45, 2.75) is 45.2 Å². The van der Waals surface area contributed by atoms with Gasteiger partial charge in [-0.1, -0.05) is 6.92 Å². The molecule has 0 aromatic heterocycles. The zero-order valence-electron chi connectivity index (χ0n) is 8.09. The highest BCUT2D eigenvalue weighted by Gasteiger charge is 2.19. The molecule has 12 heavy (non-hydrogen) atoms. The van der Waals surface area contributed by atoms with Crippen LogP contribution in [0.4, 0.5) is 0 Å². The Kier molecular flexibility index (Phi) is 4.87. The molecule has 0 aliphatic rings. The average molecular weight is 170 g/mol. The van der Waals surface area contributed by atoms with Crippen molar-refractivity contribution in [1.82, 2.24) is 5.32 Å². The van der Waals surface area contributed by atoms with Gasteiger partial charge in [0.2, 0.25) is 0 Å². The van der Waals surface area contributed by atoms with Gasteiger partial charge in [-0.25, -0.2) is 0 Å². The van der Waals surface area contributed by atoms with E-state index in [-0.39, 0.29) is 18.2 Å². The predicted octanol–water partition coefficient (Wildman–Crippen LogP) is 1.04. The van der Waals surface area contributed by atoms with Crippen LogP contribution in [0.1, 0.15) is 33.6 Å². The van der Waals surface area contributed by atoms with Crippen LogP contribution in [0.2, 0.25) is 0 Å². The SMILES string of the molecule is CCC(CC#N)NC(C)(C)CO. The molecule has 0 aromatic carbocycles. The lowest BCUT2D eigenvalue weighted by molar-refractivity contribution is 0.174. The highest BCUT2D eigenvalue weighted by Crippen LogP contribution is 2.06. The molecule has 0 radical (unpaired) electrons. The first-order valence-corrected chi connectivity index (χ1v) is 4.31. The van der Waals surface area contributed by atoms with E-state index >= 15 is 0 Å². The fourth-order valence-electron chi connectivity index (χ4n) is 1.01. The molecule has 2 N–H and O–H groups in total. The molecule has 3 nitrogen and oxygen atoms in total. The molecular formula is C9H18N2O. The van der Waals surface area contributed by atoms with Crippen molar-refractivity contribution in [3.8, 4) is 6.07 Å². The van der Waals surface area contributed by atoms with E-state index in [4.69, 9.17) is 10.4 Å². The first kappa shape index (κ1) is 11.4. The minimum absolute atomic E-state index is 0.0922. The second-order valence-electron chi connectivity index (χ2n) is 3.65. The van der Waals surface area contributed by atoms with Crippen LogP contribution in [0.5, 0.6) is 0 Å². The molecule has 0 rings (SSSR count). The Hall–Kier alpha value is -0.590. The molecule has 1 unspecified atom stereocenters. The van der Waals surface area contributed by atoms with Crippen LogP contribution in [-0.4, -0.2) is 23.3 Å². The van der Waals surface area contributed by atoms with Crippen LogP contribution in [0.15, 0.2) is 0 Å². The maximum atomic E-state index is 8.96. The molecule has 0 amide bonds. The van der Waals surface area contributed by atoms with Crippen molar-refractivity contribution >= 4 is 0 Å². The summed E-state index contributed by atoms with van der Waals surface area (Å²) in [6.45, 7) is 5.97. The lowest BCUT2D eigenvalue weighted by atomic mass is 10.0. The second-order valence-corrected chi connectivity index (χ2v) is 3.65. The highest BCUT2D eigenvalue weighted by atomic mass is 16.3. The molecule has 1 atom stereocenters. The van der Waals surface area contributed by atoms with Gasteiger partial charge in [-0.3, -0.25) is 0 Å². The smallest absolute Gasteiger partial charge is 0.0638 e. The maximum absolute atomic E-state index is 8.96. The number of nitrogens with zero attached hydrogens (tertiary/aromatic N) is 1. The fraction of sp³-hybridized carbons (Fsp3) is 0.889.